The second-order valence-electron chi connectivity index (χ2n) is 7.24. The number of pyridine rings is 1. The minimum absolute atomic E-state index is 0.000440. The van der Waals surface area contributed by atoms with Crippen LogP contribution in [0.15, 0.2) is 67.0 Å². The highest BCUT2D eigenvalue weighted by Crippen LogP contribution is 2.26. The minimum Gasteiger partial charge on any atom is -0.486 e. The fourth-order valence-electron chi connectivity index (χ4n) is 3.95. The van der Waals surface area contributed by atoms with Crippen LogP contribution in [0.2, 0.25) is 0 Å². The Kier molecular flexibility index (Phi) is 4.20. The first-order valence-electron chi connectivity index (χ1n) is 9.61. The van der Waals surface area contributed by atoms with Crippen LogP contribution < -0.4 is 4.74 Å². The van der Waals surface area contributed by atoms with Crippen molar-refractivity contribution in [3.8, 4) is 5.75 Å². The van der Waals surface area contributed by atoms with Gasteiger partial charge < -0.3 is 14.6 Å². The van der Waals surface area contributed by atoms with Crippen molar-refractivity contribution in [2.24, 2.45) is 0 Å². The lowest BCUT2D eigenvalue weighted by atomic mass is 10.1. The summed E-state index contributed by atoms with van der Waals surface area (Å²) in [5.41, 5.74) is 2.98. The summed E-state index contributed by atoms with van der Waals surface area (Å²) in [7, 11) is 0. The number of amides is 1. The molecule has 1 N–H and O–H groups in total. The van der Waals surface area contributed by atoms with E-state index in [9.17, 15) is 4.79 Å². The highest BCUT2D eigenvalue weighted by Gasteiger charge is 2.28. The molecule has 28 heavy (non-hydrogen) atoms. The number of para-hydroxylation sites is 2. The maximum atomic E-state index is 12.8. The zero-order chi connectivity index (χ0) is 18.9. The van der Waals surface area contributed by atoms with Gasteiger partial charge >= 0.3 is 0 Å². The largest absolute Gasteiger partial charge is 0.486 e. The first-order valence-corrected chi connectivity index (χ1v) is 9.61. The summed E-state index contributed by atoms with van der Waals surface area (Å²) in [6, 6.07) is 18.0. The van der Waals surface area contributed by atoms with Crippen molar-refractivity contribution in [1.29, 1.82) is 0 Å². The Hall–Kier alpha value is -3.34. The monoisotopic (exact) mass is 371 g/mol. The second-order valence-corrected chi connectivity index (χ2v) is 7.24. The lowest BCUT2D eigenvalue weighted by molar-refractivity contribution is -0.129. The molecular weight excluding hydrogens is 350 g/mol. The molecule has 0 saturated carbocycles. The van der Waals surface area contributed by atoms with Crippen molar-refractivity contribution in [2.45, 2.75) is 18.9 Å². The molecule has 1 aliphatic rings. The third kappa shape index (κ3) is 3.09. The van der Waals surface area contributed by atoms with Gasteiger partial charge in [0, 0.05) is 41.6 Å². The Morgan fingerprint density at radius 1 is 1.14 bits per heavy atom. The van der Waals surface area contributed by atoms with E-state index in [-0.39, 0.29) is 12.0 Å². The van der Waals surface area contributed by atoms with Gasteiger partial charge in [0.1, 0.15) is 17.4 Å². The van der Waals surface area contributed by atoms with E-state index in [0.29, 0.717) is 13.0 Å². The molecular formula is C23H21N3O2. The van der Waals surface area contributed by atoms with E-state index in [0.717, 1.165) is 46.1 Å². The highest BCUT2D eigenvalue weighted by molar-refractivity contribution is 5.89. The number of ether oxygens (including phenoxy) is 1. The highest BCUT2D eigenvalue weighted by atomic mass is 16.5. The number of H-pyrrole nitrogens is 1. The fourth-order valence-corrected chi connectivity index (χ4v) is 3.95. The number of carbonyl (C=O) groups is 1. The SMILES string of the molecule is O=C(Cc1c[nH]c2ccccc12)N1CCC(Oc2cccc3cccnc23)C1. The van der Waals surface area contributed by atoms with Gasteiger partial charge in [-0.2, -0.15) is 0 Å². The van der Waals surface area contributed by atoms with Crippen LogP contribution in [0.25, 0.3) is 21.8 Å². The average Bonchev–Trinajstić information content (AvgIpc) is 3.36. The number of nitrogens with one attached hydrogen (secondary N) is 1. The van der Waals surface area contributed by atoms with Crippen LogP contribution in [0, 0.1) is 0 Å². The van der Waals surface area contributed by atoms with Crippen molar-refractivity contribution in [1.82, 2.24) is 14.9 Å². The second kappa shape index (κ2) is 7.00. The predicted octanol–water partition coefficient (Wildman–Crippen LogP) is 3.94. The molecule has 5 heteroatoms. The smallest absolute Gasteiger partial charge is 0.227 e. The molecule has 1 fully saturated rings. The summed E-state index contributed by atoms with van der Waals surface area (Å²) in [6.45, 7) is 1.34. The molecule has 5 rings (SSSR count). The van der Waals surface area contributed by atoms with Gasteiger partial charge in [0.25, 0.3) is 0 Å². The van der Waals surface area contributed by atoms with Crippen molar-refractivity contribution in [3.05, 3.63) is 72.6 Å². The number of fused-ring (bicyclic) bond motifs is 2. The zero-order valence-corrected chi connectivity index (χ0v) is 15.5. The summed E-state index contributed by atoms with van der Waals surface area (Å²) in [6.07, 6.45) is 4.96. The van der Waals surface area contributed by atoms with Crippen molar-refractivity contribution < 1.29 is 9.53 Å². The molecule has 2 aromatic carbocycles. The molecule has 1 atom stereocenters. The lowest BCUT2D eigenvalue weighted by Crippen LogP contribution is -2.32. The van der Waals surface area contributed by atoms with Crippen LogP contribution in [0.3, 0.4) is 0 Å². The van der Waals surface area contributed by atoms with Crippen molar-refractivity contribution in [2.75, 3.05) is 13.1 Å². The molecule has 1 unspecified atom stereocenters. The molecule has 2 aromatic heterocycles. The van der Waals surface area contributed by atoms with E-state index >= 15 is 0 Å². The maximum absolute atomic E-state index is 12.8. The van der Waals surface area contributed by atoms with Crippen LogP contribution in [-0.4, -0.2) is 40.0 Å². The number of aromatic nitrogens is 2. The number of hydrogen-bond acceptors (Lipinski definition) is 3. The van der Waals surface area contributed by atoms with Gasteiger partial charge in [0.2, 0.25) is 5.91 Å². The van der Waals surface area contributed by atoms with Gasteiger partial charge in [0.05, 0.1) is 13.0 Å². The van der Waals surface area contributed by atoms with Gasteiger partial charge in [0.15, 0.2) is 0 Å². The fraction of sp³-hybridized carbons (Fsp3) is 0.217. The van der Waals surface area contributed by atoms with Crippen molar-refractivity contribution in [3.63, 3.8) is 0 Å². The van der Waals surface area contributed by atoms with Crippen LogP contribution in [-0.2, 0) is 11.2 Å². The van der Waals surface area contributed by atoms with Crippen LogP contribution in [0.5, 0.6) is 5.75 Å². The van der Waals surface area contributed by atoms with Gasteiger partial charge in [-0.05, 0) is 23.8 Å². The molecule has 3 heterocycles. The Labute approximate surface area is 162 Å². The topological polar surface area (TPSA) is 58.2 Å². The Morgan fingerprint density at radius 2 is 2.04 bits per heavy atom. The molecule has 1 amide bonds. The number of benzene rings is 2. The Balaban J connectivity index is 1.27. The molecule has 1 aliphatic heterocycles. The van der Waals surface area contributed by atoms with Crippen molar-refractivity contribution >= 4 is 27.7 Å². The normalized spacial score (nSPS) is 16.7. The molecule has 1 saturated heterocycles. The first-order chi connectivity index (χ1) is 13.8. The summed E-state index contributed by atoms with van der Waals surface area (Å²) >= 11 is 0. The van der Waals surface area contributed by atoms with Gasteiger partial charge in [-0.25, -0.2) is 0 Å². The number of rotatable bonds is 4. The molecule has 0 aliphatic carbocycles. The Bertz CT molecular complexity index is 1150. The number of hydrogen-bond donors (Lipinski definition) is 1. The first kappa shape index (κ1) is 16.8. The number of nitrogens with zero attached hydrogens (tertiary/aromatic N) is 2. The number of likely N-dealkylation sites (tertiary alicyclic amines) is 1. The van der Waals surface area contributed by atoms with Gasteiger partial charge in [-0.15, -0.1) is 0 Å². The summed E-state index contributed by atoms with van der Waals surface area (Å²) in [5.74, 6) is 0.931. The Morgan fingerprint density at radius 3 is 3.00 bits per heavy atom. The molecule has 4 aromatic rings. The summed E-state index contributed by atoms with van der Waals surface area (Å²) in [4.78, 5) is 22.4. The molecule has 140 valence electrons. The third-order valence-corrected chi connectivity index (χ3v) is 5.40. The standard InChI is InChI=1S/C23H21N3O2/c27-22(13-17-14-25-20-8-2-1-7-19(17)20)26-12-10-18(15-26)28-21-9-3-5-16-6-4-11-24-23(16)21/h1-9,11,14,18,25H,10,12-13,15H2. The lowest BCUT2D eigenvalue weighted by Gasteiger charge is -2.18. The molecule has 0 bridgehead atoms. The van der Waals surface area contributed by atoms with E-state index in [1.165, 1.54) is 0 Å². The van der Waals surface area contributed by atoms with Crippen LogP contribution >= 0.6 is 0 Å². The van der Waals surface area contributed by atoms with E-state index in [1.807, 2.05) is 59.6 Å². The maximum Gasteiger partial charge on any atom is 0.227 e. The molecule has 0 spiro atoms. The quantitative estimate of drug-likeness (QED) is 0.591. The van der Waals surface area contributed by atoms with E-state index in [2.05, 4.69) is 16.0 Å². The van der Waals surface area contributed by atoms with Gasteiger partial charge in [-0.3, -0.25) is 9.78 Å². The van der Waals surface area contributed by atoms with Crippen LogP contribution in [0.4, 0.5) is 0 Å². The molecule has 5 nitrogen and oxygen atoms in total. The summed E-state index contributed by atoms with van der Waals surface area (Å²) < 4.78 is 6.21. The number of carbonyl (C=O) groups excluding carboxylic acids is 1. The molecule has 0 radical (unpaired) electrons. The van der Waals surface area contributed by atoms with Gasteiger partial charge in [-0.1, -0.05) is 36.4 Å². The van der Waals surface area contributed by atoms with E-state index in [4.69, 9.17) is 4.74 Å². The summed E-state index contributed by atoms with van der Waals surface area (Å²) in [5, 5.41) is 2.18. The predicted molar refractivity (Wildman–Crippen MR) is 109 cm³/mol. The third-order valence-electron chi connectivity index (χ3n) is 5.40. The zero-order valence-electron chi connectivity index (χ0n) is 15.5. The number of aromatic amines is 1. The average molecular weight is 371 g/mol. The van der Waals surface area contributed by atoms with E-state index in [1.54, 1.807) is 6.20 Å². The minimum atomic E-state index is -0.000440. The van der Waals surface area contributed by atoms with Crippen LogP contribution in [0.1, 0.15) is 12.0 Å². The van der Waals surface area contributed by atoms with E-state index < -0.39 is 0 Å².